The number of hydrogen-bond donors (Lipinski definition) is 1. The Morgan fingerprint density at radius 3 is 2.92 bits per heavy atom. The van der Waals surface area contributed by atoms with Gasteiger partial charge >= 0.3 is 0 Å². The lowest BCUT2D eigenvalue weighted by Gasteiger charge is -2.21. The van der Waals surface area contributed by atoms with Crippen molar-refractivity contribution in [3.05, 3.63) is 24.5 Å². The molecule has 0 spiro atoms. The van der Waals surface area contributed by atoms with Crippen molar-refractivity contribution >= 4 is 5.78 Å². The third-order valence-corrected chi connectivity index (χ3v) is 2.23. The minimum Gasteiger partial charge on any atom is -0.486 e. The maximum atomic E-state index is 11.6. The fourth-order valence-corrected chi connectivity index (χ4v) is 1.31. The molecule has 1 atom stereocenters. The van der Waals surface area contributed by atoms with Crippen molar-refractivity contribution in [3.63, 3.8) is 0 Å². The number of allylic oxidation sites excluding steroid dienone is 1. The average Bonchev–Trinajstić information content (AvgIpc) is 2.41. The number of rotatable bonds is 4. The Morgan fingerprint density at radius 2 is 2.46 bits per heavy atom. The number of aliphatic hydroxyl groups excluding tert-OH is 1. The van der Waals surface area contributed by atoms with E-state index in [1.54, 1.807) is 13.0 Å². The van der Waals surface area contributed by atoms with Gasteiger partial charge in [-0.15, -0.1) is 6.58 Å². The lowest BCUT2D eigenvalue weighted by molar-refractivity contribution is -0.129. The number of hydrogen-bond acceptors (Lipinski definition) is 3. The van der Waals surface area contributed by atoms with E-state index in [9.17, 15) is 4.79 Å². The SMILES string of the molecule is C=CCCC1(C)OC=C(CO)C1=O. The highest BCUT2D eigenvalue weighted by Gasteiger charge is 2.40. The molecule has 3 heteroatoms. The lowest BCUT2D eigenvalue weighted by Crippen LogP contribution is -2.33. The van der Waals surface area contributed by atoms with Crippen molar-refractivity contribution in [3.8, 4) is 0 Å². The number of aliphatic hydroxyl groups is 1. The highest BCUT2D eigenvalue weighted by atomic mass is 16.5. The normalized spacial score (nSPS) is 26.9. The summed E-state index contributed by atoms with van der Waals surface area (Å²) in [4.78, 5) is 11.6. The molecule has 0 aromatic heterocycles. The smallest absolute Gasteiger partial charge is 0.207 e. The number of Topliss-reactive ketones (excluding diaryl/α,β-unsaturated/α-hetero) is 1. The molecule has 1 N–H and O–H groups in total. The maximum Gasteiger partial charge on any atom is 0.207 e. The standard InChI is InChI=1S/C10H14O3/c1-3-4-5-10(2)9(12)8(6-11)7-13-10/h3,7,11H,1,4-6H2,2H3. The van der Waals surface area contributed by atoms with Gasteiger partial charge in [0.25, 0.3) is 0 Å². The first kappa shape index (κ1) is 9.99. The minimum absolute atomic E-state index is 0.114. The Kier molecular flexibility index (Phi) is 2.88. The first-order valence-corrected chi connectivity index (χ1v) is 4.27. The van der Waals surface area contributed by atoms with E-state index in [0.29, 0.717) is 12.0 Å². The summed E-state index contributed by atoms with van der Waals surface area (Å²) in [5.74, 6) is -0.114. The number of ether oxygens (including phenoxy) is 1. The number of carbonyl (C=O) groups excluding carboxylic acids is 1. The van der Waals surface area contributed by atoms with E-state index in [1.165, 1.54) is 6.26 Å². The Bertz CT molecular complexity index is 255. The van der Waals surface area contributed by atoms with Gasteiger partial charge in [-0.05, 0) is 19.8 Å². The van der Waals surface area contributed by atoms with Gasteiger partial charge in [0.05, 0.1) is 18.4 Å². The van der Waals surface area contributed by atoms with E-state index in [2.05, 4.69) is 6.58 Å². The zero-order chi connectivity index (χ0) is 9.90. The summed E-state index contributed by atoms with van der Waals surface area (Å²) in [6.07, 6.45) is 4.44. The fraction of sp³-hybridized carbons (Fsp3) is 0.500. The number of carbonyl (C=O) groups is 1. The lowest BCUT2D eigenvalue weighted by atomic mass is 9.92. The van der Waals surface area contributed by atoms with Crippen LogP contribution in [0.4, 0.5) is 0 Å². The molecule has 3 nitrogen and oxygen atoms in total. The van der Waals surface area contributed by atoms with Crippen molar-refractivity contribution < 1.29 is 14.6 Å². The highest BCUT2D eigenvalue weighted by Crippen LogP contribution is 2.28. The molecule has 1 aliphatic rings. The topological polar surface area (TPSA) is 46.5 Å². The molecular weight excluding hydrogens is 168 g/mol. The molecule has 0 amide bonds. The van der Waals surface area contributed by atoms with Crippen LogP contribution in [0.5, 0.6) is 0 Å². The molecule has 0 bridgehead atoms. The van der Waals surface area contributed by atoms with Gasteiger partial charge in [0.2, 0.25) is 5.78 Å². The molecule has 13 heavy (non-hydrogen) atoms. The van der Waals surface area contributed by atoms with Crippen LogP contribution in [0.2, 0.25) is 0 Å². The molecule has 1 unspecified atom stereocenters. The molecule has 0 aromatic rings. The van der Waals surface area contributed by atoms with E-state index < -0.39 is 5.60 Å². The van der Waals surface area contributed by atoms with E-state index >= 15 is 0 Å². The summed E-state index contributed by atoms with van der Waals surface area (Å²) >= 11 is 0. The molecule has 72 valence electrons. The Labute approximate surface area is 77.7 Å². The zero-order valence-corrected chi connectivity index (χ0v) is 7.75. The molecular formula is C10H14O3. The quantitative estimate of drug-likeness (QED) is 0.664. The van der Waals surface area contributed by atoms with Crippen LogP contribution in [-0.2, 0) is 9.53 Å². The summed E-state index contributed by atoms with van der Waals surface area (Å²) < 4.78 is 5.24. The summed E-state index contributed by atoms with van der Waals surface area (Å²) in [5, 5.41) is 8.80. The van der Waals surface area contributed by atoms with Crippen LogP contribution < -0.4 is 0 Å². The minimum atomic E-state index is -0.785. The second-order valence-electron chi connectivity index (χ2n) is 3.31. The van der Waals surface area contributed by atoms with Crippen LogP contribution in [0.15, 0.2) is 24.5 Å². The summed E-state index contributed by atoms with van der Waals surface area (Å²) in [5.41, 5.74) is -0.432. The monoisotopic (exact) mass is 182 g/mol. The van der Waals surface area contributed by atoms with Gasteiger partial charge in [-0.3, -0.25) is 4.79 Å². The molecule has 0 aliphatic carbocycles. The van der Waals surface area contributed by atoms with E-state index in [0.717, 1.165) is 6.42 Å². The van der Waals surface area contributed by atoms with Crippen LogP contribution in [0.1, 0.15) is 19.8 Å². The van der Waals surface area contributed by atoms with Gasteiger partial charge in [0.15, 0.2) is 5.60 Å². The van der Waals surface area contributed by atoms with E-state index in [1.807, 2.05) is 0 Å². The third-order valence-electron chi connectivity index (χ3n) is 2.23. The molecule has 1 aliphatic heterocycles. The van der Waals surface area contributed by atoms with Crippen molar-refractivity contribution in [1.82, 2.24) is 0 Å². The Morgan fingerprint density at radius 1 is 1.77 bits per heavy atom. The van der Waals surface area contributed by atoms with Crippen molar-refractivity contribution in [2.45, 2.75) is 25.4 Å². The second kappa shape index (κ2) is 3.75. The van der Waals surface area contributed by atoms with E-state index in [4.69, 9.17) is 9.84 Å². The van der Waals surface area contributed by atoms with Crippen LogP contribution in [-0.4, -0.2) is 23.1 Å². The molecule has 0 fully saturated rings. The second-order valence-corrected chi connectivity index (χ2v) is 3.31. The summed E-state index contributed by atoms with van der Waals surface area (Å²) in [6.45, 7) is 5.07. The van der Waals surface area contributed by atoms with Crippen LogP contribution in [0.3, 0.4) is 0 Å². The molecule has 0 saturated heterocycles. The fourth-order valence-electron chi connectivity index (χ4n) is 1.31. The van der Waals surface area contributed by atoms with Crippen molar-refractivity contribution in [2.75, 3.05) is 6.61 Å². The predicted molar refractivity (Wildman–Crippen MR) is 49.1 cm³/mol. The van der Waals surface area contributed by atoms with Crippen LogP contribution in [0.25, 0.3) is 0 Å². The van der Waals surface area contributed by atoms with Crippen molar-refractivity contribution in [1.29, 1.82) is 0 Å². The summed E-state index contributed by atoms with van der Waals surface area (Å²) in [6, 6.07) is 0. The number of ketones is 1. The molecule has 1 heterocycles. The third kappa shape index (κ3) is 1.80. The Hall–Kier alpha value is -1.09. The molecule has 0 aromatic carbocycles. The highest BCUT2D eigenvalue weighted by molar-refractivity contribution is 6.03. The van der Waals surface area contributed by atoms with Crippen LogP contribution >= 0.6 is 0 Å². The molecule has 0 radical (unpaired) electrons. The van der Waals surface area contributed by atoms with Crippen molar-refractivity contribution in [2.24, 2.45) is 0 Å². The van der Waals surface area contributed by atoms with E-state index in [-0.39, 0.29) is 12.4 Å². The Balaban J connectivity index is 2.65. The maximum absolute atomic E-state index is 11.6. The first-order chi connectivity index (χ1) is 6.14. The zero-order valence-electron chi connectivity index (χ0n) is 7.75. The van der Waals surface area contributed by atoms with Gasteiger partial charge in [0, 0.05) is 0 Å². The van der Waals surface area contributed by atoms with Gasteiger partial charge in [-0.1, -0.05) is 6.08 Å². The van der Waals surface area contributed by atoms with Gasteiger partial charge < -0.3 is 9.84 Å². The van der Waals surface area contributed by atoms with Crippen LogP contribution in [0, 0.1) is 0 Å². The summed E-state index contributed by atoms with van der Waals surface area (Å²) in [7, 11) is 0. The average molecular weight is 182 g/mol. The van der Waals surface area contributed by atoms with Gasteiger partial charge in [-0.25, -0.2) is 0 Å². The van der Waals surface area contributed by atoms with Gasteiger partial charge in [-0.2, -0.15) is 0 Å². The molecule has 1 rings (SSSR count). The predicted octanol–water partition coefficient (Wildman–Crippen LogP) is 1.19. The largest absolute Gasteiger partial charge is 0.486 e. The first-order valence-electron chi connectivity index (χ1n) is 4.27. The van der Waals surface area contributed by atoms with Gasteiger partial charge in [0.1, 0.15) is 0 Å². The molecule has 0 saturated carbocycles.